The Bertz CT molecular complexity index is 329. The first-order valence-electron chi connectivity index (χ1n) is 3.38. The summed E-state index contributed by atoms with van der Waals surface area (Å²) in [6.07, 6.45) is -3.40. The van der Waals surface area contributed by atoms with E-state index in [1.54, 1.807) is 0 Å². The van der Waals surface area contributed by atoms with Gasteiger partial charge in [0.15, 0.2) is 0 Å². The van der Waals surface area contributed by atoms with E-state index in [9.17, 15) is 13.2 Å². The van der Waals surface area contributed by atoms with Crippen molar-refractivity contribution in [2.24, 2.45) is 0 Å². The lowest BCUT2D eigenvalue weighted by Gasteiger charge is -2.08. The molecule has 0 N–H and O–H groups in total. The molecule has 1 rings (SSSR count). The van der Waals surface area contributed by atoms with Crippen LogP contribution in [0.5, 0.6) is 5.88 Å². The van der Waals surface area contributed by atoms with Gasteiger partial charge in [0.05, 0.1) is 0 Å². The van der Waals surface area contributed by atoms with Crippen LogP contribution in [-0.2, 0) is 5.33 Å². The first-order chi connectivity index (χ1) is 6.42. The number of pyridine rings is 1. The van der Waals surface area contributed by atoms with E-state index in [1.807, 2.05) is 0 Å². The van der Waals surface area contributed by atoms with Gasteiger partial charge < -0.3 is 4.74 Å². The van der Waals surface area contributed by atoms with Crippen molar-refractivity contribution >= 4 is 31.9 Å². The Morgan fingerprint density at radius 1 is 1.43 bits per heavy atom. The molecule has 7 heteroatoms. The number of hydrogen-bond acceptors (Lipinski definition) is 2. The molecule has 2 nitrogen and oxygen atoms in total. The molecule has 14 heavy (non-hydrogen) atoms. The number of rotatable bonds is 2. The second-order valence-electron chi connectivity index (χ2n) is 2.30. The Hall–Kier alpha value is -0.300. The van der Waals surface area contributed by atoms with E-state index >= 15 is 0 Å². The second-order valence-corrected chi connectivity index (χ2v) is 3.71. The molecule has 0 aliphatic heterocycles. The van der Waals surface area contributed by atoms with Crippen LogP contribution in [0.15, 0.2) is 16.7 Å². The van der Waals surface area contributed by atoms with Gasteiger partial charge in [0, 0.05) is 22.1 Å². The average Bonchev–Trinajstić information content (AvgIpc) is 2.01. The number of ether oxygens (including phenoxy) is 1. The van der Waals surface area contributed by atoms with Crippen molar-refractivity contribution in [2.45, 2.75) is 11.7 Å². The molecule has 0 radical (unpaired) electrons. The number of nitrogens with zero attached hydrogens (tertiary/aromatic N) is 1. The highest BCUT2D eigenvalue weighted by molar-refractivity contribution is 9.10. The fourth-order valence-corrected chi connectivity index (χ4v) is 1.98. The molecule has 0 fully saturated rings. The van der Waals surface area contributed by atoms with Crippen molar-refractivity contribution in [1.82, 2.24) is 4.98 Å². The maximum Gasteiger partial charge on any atom is 0.574 e. The summed E-state index contributed by atoms with van der Waals surface area (Å²) in [5, 5.41) is 0.507. The largest absolute Gasteiger partial charge is 0.574 e. The Morgan fingerprint density at radius 2 is 2.07 bits per heavy atom. The predicted molar refractivity (Wildman–Crippen MR) is 51.3 cm³/mol. The zero-order chi connectivity index (χ0) is 10.8. The maximum absolute atomic E-state index is 11.8. The third-order valence-electron chi connectivity index (χ3n) is 1.27. The molecule has 0 amide bonds. The van der Waals surface area contributed by atoms with Gasteiger partial charge in [0.2, 0.25) is 5.88 Å². The molecule has 78 valence electrons. The van der Waals surface area contributed by atoms with E-state index < -0.39 is 12.2 Å². The monoisotopic (exact) mass is 333 g/mol. The van der Waals surface area contributed by atoms with E-state index in [4.69, 9.17) is 0 Å². The van der Waals surface area contributed by atoms with Crippen LogP contribution >= 0.6 is 31.9 Å². The van der Waals surface area contributed by atoms with Crippen LogP contribution in [0.3, 0.4) is 0 Å². The van der Waals surface area contributed by atoms with Crippen LogP contribution in [0.4, 0.5) is 13.2 Å². The SMILES string of the molecule is FC(F)(F)Oc1cc(Br)c(CBr)cn1. The summed E-state index contributed by atoms with van der Waals surface area (Å²) in [7, 11) is 0. The number of aromatic nitrogens is 1. The minimum absolute atomic E-state index is 0.478. The number of halogens is 5. The fraction of sp³-hybridized carbons (Fsp3) is 0.286. The summed E-state index contributed by atoms with van der Waals surface area (Å²) in [5.74, 6) is -0.478. The van der Waals surface area contributed by atoms with Crippen LogP contribution in [0.25, 0.3) is 0 Å². The lowest BCUT2D eigenvalue weighted by atomic mass is 10.3. The van der Waals surface area contributed by atoms with E-state index in [1.165, 1.54) is 12.3 Å². The van der Waals surface area contributed by atoms with Crippen molar-refractivity contribution in [3.63, 3.8) is 0 Å². The van der Waals surface area contributed by atoms with Crippen LogP contribution in [0.1, 0.15) is 5.56 Å². The zero-order valence-electron chi connectivity index (χ0n) is 6.61. The molecule has 0 unspecified atom stereocenters. The van der Waals surface area contributed by atoms with E-state index in [2.05, 4.69) is 41.6 Å². The molecule has 0 spiro atoms. The number of hydrogen-bond donors (Lipinski definition) is 0. The molecule has 0 saturated heterocycles. The average molecular weight is 335 g/mol. The van der Waals surface area contributed by atoms with E-state index in [-0.39, 0.29) is 0 Å². The standard InChI is InChI=1S/C7H4Br2F3NO/c8-2-4-3-13-6(1-5(4)9)14-7(10,11)12/h1,3H,2H2. The van der Waals surface area contributed by atoms with Gasteiger partial charge in [0.1, 0.15) is 0 Å². The van der Waals surface area contributed by atoms with Crippen molar-refractivity contribution in [3.05, 3.63) is 22.3 Å². The fourth-order valence-electron chi connectivity index (χ4n) is 0.714. The van der Waals surface area contributed by atoms with E-state index in [0.717, 1.165) is 5.56 Å². The minimum Gasteiger partial charge on any atom is -0.388 e. The molecule has 0 saturated carbocycles. The molecule has 0 aliphatic rings. The first-order valence-corrected chi connectivity index (χ1v) is 5.30. The molecule has 0 aliphatic carbocycles. The molecular weight excluding hydrogens is 331 g/mol. The normalized spacial score (nSPS) is 11.5. The van der Waals surface area contributed by atoms with Gasteiger partial charge in [0.25, 0.3) is 0 Å². The van der Waals surface area contributed by atoms with Gasteiger partial charge in [-0.2, -0.15) is 0 Å². The van der Waals surface area contributed by atoms with Crippen LogP contribution in [0.2, 0.25) is 0 Å². The topological polar surface area (TPSA) is 22.1 Å². The van der Waals surface area contributed by atoms with Gasteiger partial charge >= 0.3 is 6.36 Å². The zero-order valence-corrected chi connectivity index (χ0v) is 9.78. The molecule has 0 atom stereocenters. The Kier molecular flexibility index (Phi) is 3.77. The third-order valence-corrected chi connectivity index (χ3v) is 2.61. The summed E-state index contributed by atoms with van der Waals surface area (Å²) in [5.41, 5.74) is 0.750. The molecule has 1 heterocycles. The third kappa shape index (κ3) is 3.45. The molecular formula is C7H4Br2F3NO. The first kappa shape index (κ1) is 11.8. The molecule has 0 bridgehead atoms. The summed E-state index contributed by atoms with van der Waals surface area (Å²) in [6, 6.07) is 1.17. The Morgan fingerprint density at radius 3 is 2.50 bits per heavy atom. The summed E-state index contributed by atoms with van der Waals surface area (Å²) >= 11 is 6.26. The van der Waals surface area contributed by atoms with Gasteiger partial charge in [-0.25, -0.2) is 4.98 Å². The summed E-state index contributed by atoms with van der Waals surface area (Å²) in [6.45, 7) is 0. The van der Waals surface area contributed by atoms with Gasteiger partial charge in [-0.15, -0.1) is 13.2 Å². The molecule has 0 aromatic carbocycles. The summed E-state index contributed by atoms with van der Waals surface area (Å²) < 4.78 is 39.4. The predicted octanol–water partition coefficient (Wildman–Crippen LogP) is 3.64. The molecule has 1 aromatic rings. The quantitative estimate of drug-likeness (QED) is 0.770. The van der Waals surface area contributed by atoms with Crippen LogP contribution in [0, 0.1) is 0 Å². The molecule has 1 aromatic heterocycles. The second kappa shape index (κ2) is 4.48. The van der Waals surface area contributed by atoms with Crippen molar-refractivity contribution in [2.75, 3.05) is 0 Å². The van der Waals surface area contributed by atoms with Gasteiger partial charge in [-0.3, -0.25) is 0 Å². The lowest BCUT2D eigenvalue weighted by Crippen LogP contribution is -2.17. The lowest BCUT2D eigenvalue weighted by molar-refractivity contribution is -0.276. The number of alkyl halides is 4. The minimum atomic E-state index is -4.71. The van der Waals surface area contributed by atoms with Gasteiger partial charge in [-0.05, 0) is 5.56 Å². The Balaban J connectivity index is 2.87. The highest BCUT2D eigenvalue weighted by Gasteiger charge is 2.31. The summed E-state index contributed by atoms with van der Waals surface area (Å²) in [4.78, 5) is 3.49. The van der Waals surface area contributed by atoms with Crippen molar-refractivity contribution < 1.29 is 17.9 Å². The Labute approximate surface area is 94.7 Å². The van der Waals surface area contributed by atoms with E-state index in [0.29, 0.717) is 9.80 Å². The smallest absolute Gasteiger partial charge is 0.388 e. The van der Waals surface area contributed by atoms with Crippen molar-refractivity contribution in [1.29, 1.82) is 0 Å². The van der Waals surface area contributed by atoms with Crippen LogP contribution < -0.4 is 4.74 Å². The van der Waals surface area contributed by atoms with Gasteiger partial charge in [-0.1, -0.05) is 31.9 Å². The van der Waals surface area contributed by atoms with Crippen molar-refractivity contribution in [3.8, 4) is 5.88 Å². The highest BCUT2D eigenvalue weighted by Crippen LogP contribution is 2.26. The highest BCUT2D eigenvalue weighted by atomic mass is 79.9. The van der Waals surface area contributed by atoms with Crippen LogP contribution in [-0.4, -0.2) is 11.3 Å². The maximum atomic E-state index is 11.8.